The number of carbonyl (C=O) groups excluding carboxylic acids is 1. The number of rotatable bonds is 3. The van der Waals surface area contributed by atoms with Crippen molar-refractivity contribution in [3.8, 4) is 5.75 Å². The number of nitrogens with zero attached hydrogens (tertiary/aromatic N) is 2. The number of aromatic nitrogens is 2. The molecule has 2 aromatic rings. The fourth-order valence-electron chi connectivity index (χ4n) is 3.91. The maximum absolute atomic E-state index is 12.5. The number of ether oxygens (including phenoxy) is 1. The molecule has 132 valence electrons. The molecule has 0 bridgehead atoms. The summed E-state index contributed by atoms with van der Waals surface area (Å²) in [5.74, 6) is 0.436. The minimum absolute atomic E-state index is 0.184. The van der Waals surface area contributed by atoms with E-state index in [0.29, 0.717) is 25.9 Å². The summed E-state index contributed by atoms with van der Waals surface area (Å²) < 4.78 is 6.13. The number of H-pyrrole nitrogens is 1. The Morgan fingerprint density at radius 1 is 1.28 bits per heavy atom. The Morgan fingerprint density at radius 3 is 2.80 bits per heavy atom. The van der Waals surface area contributed by atoms with Crippen molar-refractivity contribution in [3.63, 3.8) is 0 Å². The first-order valence-corrected chi connectivity index (χ1v) is 8.89. The fraction of sp³-hybridized carbons (Fsp3) is 0.474. The van der Waals surface area contributed by atoms with E-state index in [4.69, 9.17) is 4.74 Å². The number of aromatic hydroxyl groups is 1. The van der Waals surface area contributed by atoms with Gasteiger partial charge in [0.05, 0.1) is 18.5 Å². The third-order valence-electron chi connectivity index (χ3n) is 5.41. The second kappa shape index (κ2) is 6.52. The van der Waals surface area contributed by atoms with Crippen LogP contribution in [0.3, 0.4) is 0 Å². The molecule has 0 saturated carbocycles. The van der Waals surface area contributed by atoms with Crippen LogP contribution in [-0.2, 0) is 28.0 Å². The first kappa shape index (κ1) is 16.1. The molecule has 1 amide bonds. The van der Waals surface area contributed by atoms with Gasteiger partial charge in [-0.05, 0) is 48.9 Å². The number of amides is 1. The normalized spacial score (nSPS) is 19.0. The second-order valence-corrected chi connectivity index (χ2v) is 6.91. The summed E-state index contributed by atoms with van der Waals surface area (Å²) in [6, 6.07) is 7.05. The Kier molecular flexibility index (Phi) is 4.21. The highest BCUT2D eigenvalue weighted by molar-refractivity contribution is 5.76. The average molecular weight is 341 g/mol. The number of nitrogens with one attached hydrogen (secondary N) is 1. The molecule has 0 aliphatic carbocycles. The molecule has 4 rings (SSSR count). The Bertz CT molecular complexity index is 746. The van der Waals surface area contributed by atoms with Gasteiger partial charge < -0.3 is 14.7 Å². The van der Waals surface area contributed by atoms with E-state index in [-0.39, 0.29) is 17.3 Å². The molecule has 1 aromatic carbocycles. The molecule has 0 atom stereocenters. The molecule has 2 N–H and O–H groups in total. The zero-order valence-corrected chi connectivity index (χ0v) is 14.2. The Hall–Kier alpha value is -2.34. The van der Waals surface area contributed by atoms with Crippen LogP contribution in [-0.4, -0.2) is 45.8 Å². The molecule has 1 saturated heterocycles. The van der Waals surface area contributed by atoms with Gasteiger partial charge in [0, 0.05) is 19.5 Å². The van der Waals surface area contributed by atoms with Crippen molar-refractivity contribution < 1.29 is 14.6 Å². The predicted molar refractivity (Wildman–Crippen MR) is 92.2 cm³/mol. The van der Waals surface area contributed by atoms with Gasteiger partial charge in [-0.15, -0.1) is 0 Å². The first-order valence-electron chi connectivity index (χ1n) is 8.89. The van der Waals surface area contributed by atoms with Crippen molar-refractivity contribution in [1.29, 1.82) is 0 Å². The average Bonchev–Trinajstić information content (AvgIpc) is 3.12. The lowest BCUT2D eigenvalue weighted by Crippen LogP contribution is -2.48. The third kappa shape index (κ3) is 3.14. The molecule has 6 heteroatoms. The first-order chi connectivity index (χ1) is 12.2. The van der Waals surface area contributed by atoms with E-state index in [1.165, 1.54) is 5.56 Å². The van der Waals surface area contributed by atoms with Gasteiger partial charge in [-0.25, -0.2) is 0 Å². The highest BCUT2D eigenvalue weighted by atomic mass is 16.5. The lowest BCUT2D eigenvalue weighted by Gasteiger charge is -2.43. The number of carbonyl (C=O) groups is 1. The van der Waals surface area contributed by atoms with E-state index in [0.717, 1.165) is 37.1 Å². The van der Waals surface area contributed by atoms with Crippen molar-refractivity contribution in [3.05, 3.63) is 47.3 Å². The van der Waals surface area contributed by atoms with E-state index in [1.54, 1.807) is 12.1 Å². The van der Waals surface area contributed by atoms with Crippen molar-refractivity contribution in [2.24, 2.45) is 0 Å². The molecule has 25 heavy (non-hydrogen) atoms. The van der Waals surface area contributed by atoms with Gasteiger partial charge in [-0.1, -0.05) is 12.1 Å². The van der Waals surface area contributed by atoms with Crippen molar-refractivity contribution >= 4 is 5.91 Å². The number of aromatic amines is 1. The summed E-state index contributed by atoms with van der Waals surface area (Å²) in [7, 11) is 0. The van der Waals surface area contributed by atoms with Crippen LogP contribution in [0.25, 0.3) is 0 Å². The maximum Gasteiger partial charge on any atom is 0.222 e. The van der Waals surface area contributed by atoms with Gasteiger partial charge in [0.2, 0.25) is 5.91 Å². The number of phenolic OH excluding ortho intramolecular Hbond substituents is 1. The smallest absolute Gasteiger partial charge is 0.222 e. The number of piperidine rings is 1. The van der Waals surface area contributed by atoms with Gasteiger partial charge in [0.15, 0.2) is 0 Å². The van der Waals surface area contributed by atoms with Crippen LogP contribution in [0.15, 0.2) is 30.5 Å². The van der Waals surface area contributed by atoms with Crippen LogP contribution in [0.1, 0.15) is 36.1 Å². The Balaban J connectivity index is 1.34. The van der Waals surface area contributed by atoms with Crippen LogP contribution < -0.4 is 0 Å². The number of fused-ring (bicyclic) bond motifs is 2. The molecular formula is C19H23N3O3. The SMILES string of the molecule is O=C(CCc1ccc(O)cc1)N1CCC2(CC1)OCCc1cn[nH]c12. The highest BCUT2D eigenvalue weighted by Crippen LogP contribution is 2.40. The zero-order chi connectivity index (χ0) is 17.3. The Morgan fingerprint density at radius 2 is 2.04 bits per heavy atom. The number of benzene rings is 1. The topological polar surface area (TPSA) is 78.4 Å². The van der Waals surface area contributed by atoms with Crippen molar-refractivity contribution in [2.75, 3.05) is 19.7 Å². The minimum Gasteiger partial charge on any atom is -0.508 e. The van der Waals surface area contributed by atoms with Gasteiger partial charge in [-0.2, -0.15) is 5.10 Å². The monoisotopic (exact) mass is 341 g/mol. The molecule has 1 fully saturated rings. The molecule has 0 unspecified atom stereocenters. The second-order valence-electron chi connectivity index (χ2n) is 6.91. The van der Waals surface area contributed by atoms with Crippen molar-refractivity contribution in [1.82, 2.24) is 15.1 Å². The quantitative estimate of drug-likeness (QED) is 0.896. The molecule has 2 aliphatic heterocycles. The van der Waals surface area contributed by atoms with Crippen LogP contribution >= 0.6 is 0 Å². The molecule has 1 aromatic heterocycles. The summed E-state index contributed by atoms with van der Waals surface area (Å²) in [6.07, 6.45) is 5.62. The predicted octanol–water partition coefficient (Wildman–Crippen LogP) is 2.14. The summed E-state index contributed by atoms with van der Waals surface area (Å²) in [4.78, 5) is 14.5. The van der Waals surface area contributed by atoms with Crippen LogP contribution in [0.2, 0.25) is 0 Å². The fourth-order valence-corrected chi connectivity index (χ4v) is 3.91. The number of phenols is 1. The standard InChI is InChI=1S/C19H23N3O3/c23-16-4-1-14(2-5-16)3-6-17(24)22-10-8-19(9-11-22)18-15(7-12-25-19)13-20-21-18/h1-2,4-5,13,23H,3,6-12H2,(H,20,21). The van der Waals surface area contributed by atoms with Gasteiger partial charge in [0.25, 0.3) is 0 Å². The summed E-state index contributed by atoms with van der Waals surface area (Å²) in [6.45, 7) is 2.15. The number of hydrogen-bond donors (Lipinski definition) is 2. The zero-order valence-electron chi connectivity index (χ0n) is 14.2. The largest absolute Gasteiger partial charge is 0.508 e. The molecule has 6 nitrogen and oxygen atoms in total. The van der Waals surface area contributed by atoms with E-state index in [9.17, 15) is 9.90 Å². The van der Waals surface area contributed by atoms with Gasteiger partial charge >= 0.3 is 0 Å². The number of aryl methyl sites for hydroxylation is 1. The molecule has 1 spiro atoms. The summed E-state index contributed by atoms with van der Waals surface area (Å²) >= 11 is 0. The van der Waals surface area contributed by atoms with E-state index in [1.807, 2.05) is 23.2 Å². The molecular weight excluding hydrogens is 318 g/mol. The Labute approximate surface area is 146 Å². The molecule has 3 heterocycles. The summed E-state index contributed by atoms with van der Waals surface area (Å²) in [5.41, 5.74) is 3.13. The van der Waals surface area contributed by atoms with Gasteiger partial charge in [-0.3, -0.25) is 9.89 Å². The lowest BCUT2D eigenvalue weighted by atomic mass is 9.83. The third-order valence-corrected chi connectivity index (χ3v) is 5.41. The minimum atomic E-state index is -0.294. The maximum atomic E-state index is 12.5. The number of hydrogen-bond acceptors (Lipinski definition) is 4. The summed E-state index contributed by atoms with van der Waals surface area (Å²) in [5, 5.41) is 16.6. The van der Waals surface area contributed by atoms with Crippen LogP contribution in [0.4, 0.5) is 0 Å². The van der Waals surface area contributed by atoms with Crippen LogP contribution in [0, 0.1) is 0 Å². The molecule has 2 aliphatic rings. The van der Waals surface area contributed by atoms with E-state index in [2.05, 4.69) is 10.2 Å². The van der Waals surface area contributed by atoms with Crippen LogP contribution in [0.5, 0.6) is 5.75 Å². The number of likely N-dealkylation sites (tertiary alicyclic amines) is 1. The molecule has 0 radical (unpaired) electrons. The van der Waals surface area contributed by atoms with E-state index >= 15 is 0 Å². The van der Waals surface area contributed by atoms with E-state index < -0.39 is 0 Å². The highest BCUT2D eigenvalue weighted by Gasteiger charge is 2.42. The van der Waals surface area contributed by atoms with Gasteiger partial charge in [0.1, 0.15) is 11.4 Å². The lowest BCUT2D eigenvalue weighted by molar-refractivity contribution is -0.141. The van der Waals surface area contributed by atoms with Crippen molar-refractivity contribution in [2.45, 2.75) is 37.7 Å².